The molecule has 1 unspecified atom stereocenters. The van der Waals surface area contributed by atoms with Crippen molar-refractivity contribution in [3.8, 4) is 16.8 Å². The molecule has 0 radical (unpaired) electrons. The van der Waals surface area contributed by atoms with Crippen molar-refractivity contribution in [2.75, 3.05) is 11.9 Å². The molecule has 4 aromatic rings. The van der Waals surface area contributed by atoms with Crippen LogP contribution in [-0.4, -0.2) is 49.5 Å². The Bertz CT molecular complexity index is 1390. The van der Waals surface area contributed by atoms with E-state index in [1.807, 2.05) is 42.5 Å². The molecule has 1 saturated heterocycles. The highest BCUT2D eigenvalue weighted by Gasteiger charge is 2.49. The summed E-state index contributed by atoms with van der Waals surface area (Å²) in [6.45, 7) is 1.19. The molecule has 35 heavy (non-hydrogen) atoms. The summed E-state index contributed by atoms with van der Waals surface area (Å²) in [5, 5.41) is 16.5. The number of tetrazole rings is 1. The predicted molar refractivity (Wildman–Crippen MR) is 127 cm³/mol. The summed E-state index contributed by atoms with van der Waals surface area (Å²) in [6.07, 6.45) is 1.43. The molecule has 0 saturated carbocycles. The second-order valence-electron chi connectivity index (χ2n) is 8.24. The Hall–Kier alpha value is -4.86. The first-order valence-electron chi connectivity index (χ1n) is 10.9. The molecule has 2 N–H and O–H groups in total. The summed E-state index contributed by atoms with van der Waals surface area (Å²) in [5.74, 6) is -1.00. The normalized spacial score (nSPS) is 17.3. The molecule has 0 bridgehead atoms. The smallest absolute Gasteiger partial charge is 0.325 e. The maximum Gasteiger partial charge on any atom is 0.325 e. The molecule has 0 aliphatic carbocycles. The van der Waals surface area contributed by atoms with Crippen LogP contribution in [0, 0.1) is 0 Å². The number of nitrogens with one attached hydrogen (secondary N) is 2. The summed E-state index contributed by atoms with van der Waals surface area (Å²) in [7, 11) is 0. The second kappa shape index (κ2) is 8.82. The van der Waals surface area contributed by atoms with E-state index in [2.05, 4.69) is 26.2 Å². The van der Waals surface area contributed by atoms with Gasteiger partial charge in [0.2, 0.25) is 5.91 Å². The van der Waals surface area contributed by atoms with E-state index in [9.17, 15) is 14.4 Å². The van der Waals surface area contributed by atoms with Gasteiger partial charge in [0, 0.05) is 5.69 Å². The van der Waals surface area contributed by atoms with Crippen LogP contribution in [0.5, 0.6) is 0 Å². The molecule has 2 heterocycles. The van der Waals surface area contributed by atoms with Gasteiger partial charge in [0.05, 0.1) is 5.69 Å². The number of amides is 4. The van der Waals surface area contributed by atoms with Crippen molar-refractivity contribution < 1.29 is 14.4 Å². The highest BCUT2D eigenvalue weighted by Crippen LogP contribution is 2.30. The Morgan fingerprint density at radius 3 is 2.43 bits per heavy atom. The molecule has 10 nitrogen and oxygen atoms in total. The number of urea groups is 1. The van der Waals surface area contributed by atoms with Crippen LogP contribution in [-0.2, 0) is 15.1 Å². The Morgan fingerprint density at radius 1 is 0.971 bits per heavy atom. The second-order valence-corrected chi connectivity index (χ2v) is 8.24. The van der Waals surface area contributed by atoms with E-state index in [1.54, 1.807) is 43.3 Å². The Morgan fingerprint density at radius 2 is 1.71 bits per heavy atom. The van der Waals surface area contributed by atoms with E-state index in [-0.39, 0.29) is 0 Å². The van der Waals surface area contributed by atoms with Crippen molar-refractivity contribution in [3.63, 3.8) is 0 Å². The third-order valence-corrected chi connectivity index (χ3v) is 5.89. The highest BCUT2D eigenvalue weighted by atomic mass is 16.2. The number of carbonyl (C=O) groups excluding carboxylic acids is 3. The molecule has 174 valence electrons. The summed E-state index contributed by atoms with van der Waals surface area (Å²) >= 11 is 0. The van der Waals surface area contributed by atoms with Gasteiger partial charge in [0.25, 0.3) is 5.91 Å². The van der Waals surface area contributed by atoms with Crippen molar-refractivity contribution in [2.45, 2.75) is 12.5 Å². The lowest BCUT2D eigenvalue weighted by Gasteiger charge is -2.22. The molecule has 1 fully saturated rings. The lowest BCUT2D eigenvalue weighted by atomic mass is 9.91. The van der Waals surface area contributed by atoms with Crippen LogP contribution in [0.3, 0.4) is 0 Å². The van der Waals surface area contributed by atoms with Crippen LogP contribution in [0.15, 0.2) is 85.2 Å². The van der Waals surface area contributed by atoms with Crippen molar-refractivity contribution in [1.29, 1.82) is 0 Å². The van der Waals surface area contributed by atoms with Crippen LogP contribution >= 0.6 is 0 Å². The van der Waals surface area contributed by atoms with Gasteiger partial charge in [-0.25, -0.2) is 9.48 Å². The van der Waals surface area contributed by atoms with Crippen molar-refractivity contribution >= 4 is 23.5 Å². The van der Waals surface area contributed by atoms with Crippen molar-refractivity contribution in [1.82, 2.24) is 30.4 Å². The van der Waals surface area contributed by atoms with Gasteiger partial charge < -0.3 is 10.6 Å². The zero-order valence-electron chi connectivity index (χ0n) is 18.8. The molecular formula is C25H21N7O3. The maximum absolute atomic E-state index is 13.2. The van der Waals surface area contributed by atoms with Gasteiger partial charge >= 0.3 is 6.03 Å². The van der Waals surface area contributed by atoms with Gasteiger partial charge in [-0.1, -0.05) is 54.6 Å². The minimum atomic E-state index is -1.33. The fourth-order valence-electron chi connectivity index (χ4n) is 4.00. The first kappa shape index (κ1) is 22.0. The van der Waals surface area contributed by atoms with Crippen LogP contribution in [0.4, 0.5) is 10.5 Å². The number of nitrogens with zero attached hydrogens (tertiary/aromatic N) is 5. The van der Waals surface area contributed by atoms with Gasteiger partial charge in [-0.15, -0.1) is 5.10 Å². The Kier molecular flexibility index (Phi) is 5.54. The van der Waals surface area contributed by atoms with E-state index in [0.717, 1.165) is 16.0 Å². The average Bonchev–Trinajstić information content (AvgIpc) is 3.49. The molecule has 3 aromatic carbocycles. The number of aromatic nitrogens is 4. The number of carbonyl (C=O) groups is 3. The molecule has 4 amide bonds. The largest absolute Gasteiger partial charge is 0.325 e. The van der Waals surface area contributed by atoms with Crippen LogP contribution < -0.4 is 10.6 Å². The summed E-state index contributed by atoms with van der Waals surface area (Å²) in [4.78, 5) is 39.5. The first-order chi connectivity index (χ1) is 16.9. The van der Waals surface area contributed by atoms with Crippen LogP contribution in [0.2, 0.25) is 0 Å². The first-order valence-corrected chi connectivity index (χ1v) is 10.9. The number of hydrogen-bond donors (Lipinski definition) is 2. The molecular weight excluding hydrogens is 446 g/mol. The van der Waals surface area contributed by atoms with Gasteiger partial charge in [-0.3, -0.25) is 14.5 Å². The molecule has 1 aliphatic rings. The zero-order valence-corrected chi connectivity index (χ0v) is 18.8. The standard InChI is InChI=1S/C25H21N7O3/c1-25(19-8-5-9-21(14-19)32-16-26-29-30-32)23(34)31(24(35)28-25)15-22(33)27-20-12-10-18(11-13-20)17-6-3-2-4-7-17/h2-14,16H,15H2,1H3,(H,27,33)(H,28,35). The van der Waals surface area contributed by atoms with Gasteiger partial charge in [0.15, 0.2) is 0 Å². The number of benzene rings is 3. The van der Waals surface area contributed by atoms with Gasteiger partial charge in [-0.05, 0) is 58.3 Å². The summed E-state index contributed by atoms with van der Waals surface area (Å²) in [6, 6.07) is 23.5. The van der Waals surface area contributed by atoms with Crippen LogP contribution in [0.1, 0.15) is 12.5 Å². The maximum atomic E-state index is 13.2. The fourth-order valence-corrected chi connectivity index (χ4v) is 4.00. The van der Waals surface area contributed by atoms with Crippen molar-refractivity contribution in [3.05, 3.63) is 90.8 Å². The third kappa shape index (κ3) is 4.24. The predicted octanol–water partition coefficient (Wildman–Crippen LogP) is 2.74. The molecule has 1 aliphatic heterocycles. The average molecular weight is 467 g/mol. The third-order valence-electron chi connectivity index (χ3n) is 5.89. The van der Waals surface area contributed by atoms with E-state index >= 15 is 0 Å². The summed E-state index contributed by atoms with van der Waals surface area (Å²) in [5.41, 5.74) is 2.48. The monoisotopic (exact) mass is 467 g/mol. The van der Waals surface area contributed by atoms with E-state index in [4.69, 9.17) is 0 Å². The van der Waals surface area contributed by atoms with Gasteiger partial charge in [0.1, 0.15) is 18.4 Å². The summed E-state index contributed by atoms with van der Waals surface area (Å²) < 4.78 is 1.45. The lowest BCUT2D eigenvalue weighted by Crippen LogP contribution is -2.42. The number of anilines is 1. The topological polar surface area (TPSA) is 122 Å². The Labute approximate surface area is 200 Å². The molecule has 0 spiro atoms. The van der Waals surface area contributed by atoms with Crippen molar-refractivity contribution in [2.24, 2.45) is 0 Å². The minimum absolute atomic E-state index is 0.409. The molecule has 1 atom stereocenters. The fraction of sp³-hybridized carbons (Fsp3) is 0.120. The number of rotatable bonds is 6. The zero-order chi connectivity index (χ0) is 24.4. The van der Waals surface area contributed by atoms with E-state index < -0.39 is 29.9 Å². The quantitative estimate of drug-likeness (QED) is 0.421. The van der Waals surface area contributed by atoms with Crippen LogP contribution in [0.25, 0.3) is 16.8 Å². The Balaban J connectivity index is 1.28. The highest BCUT2D eigenvalue weighted by molar-refractivity contribution is 6.10. The number of hydrogen-bond acceptors (Lipinski definition) is 6. The van der Waals surface area contributed by atoms with E-state index in [1.165, 1.54) is 11.0 Å². The lowest BCUT2D eigenvalue weighted by molar-refractivity contribution is -0.133. The molecule has 1 aromatic heterocycles. The van der Waals surface area contributed by atoms with E-state index in [0.29, 0.717) is 16.9 Å². The molecule has 5 rings (SSSR count). The molecule has 10 heteroatoms. The number of imide groups is 1. The van der Waals surface area contributed by atoms with Gasteiger partial charge in [-0.2, -0.15) is 0 Å². The SMILES string of the molecule is CC1(c2cccc(-n3cnnn3)c2)NC(=O)N(CC(=O)Nc2ccc(-c3ccccc3)cc2)C1=O. The minimum Gasteiger partial charge on any atom is -0.325 e.